The summed E-state index contributed by atoms with van der Waals surface area (Å²) in [4.78, 5) is 10.4. The molecular weight excluding hydrogens is 368 g/mol. The van der Waals surface area contributed by atoms with Crippen LogP contribution in [0.15, 0.2) is 86.0 Å². The Hall–Kier alpha value is -2.84. The molecule has 28 heavy (non-hydrogen) atoms. The SMILES string of the molecule is C=C(C)C(=O)OCC.C=Cc1ccccc1C=C.ClCC=Cc1ccccc1. The molecule has 0 amide bonds. The molecule has 0 aliphatic carbocycles. The number of hydrogen-bond donors (Lipinski definition) is 0. The number of esters is 1. The molecule has 0 aliphatic heterocycles. The van der Waals surface area contributed by atoms with Crippen LogP contribution in [0.25, 0.3) is 18.2 Å². The fourth-order valence-corrected chi connectivity index (χ4v) is 1.97. The van der Waals surface area contributed by atoms with Crippen LogP contribution in [0.1, 0.15) is 30.5 Å². The number of rotatable bonds is 6. The molecule has 0 N–H and O–H groups in total. The molecule has 0 unspecified atom stereocenters. The second kappa shape index (κ2) is 16.3. The van der Waals surface area contributed by atoms with Gasteiger partial charge in [-0.25, -0.2) is 4.79 Å². The molecule has 148 valence electrons. The van der Waals surface area contributed by atoms with E-state index in [2.05, 4.69) is 24.5 Å². The summed E-state index contributed by atoms with van der Waals surface area (Å²) < 4.78 is 4.56. The molecular formula is C25H29ClO2. The first-order chi connectivity index (χ1) is 13.5. The van der Waals surface area contributed by atoms with Crippen LogP contribution >= 0.6 is 11.6 Å². The lowest BCUT2D eigenvalue weighted by Gasteiger charge is -1.96. The summed E-state index contributed by atoms with van der Waals surface area (Å²) in [5.41, 5.74) is 3.92. The maximum Gasteiger partial charge on any atom is 0.333 e. The Bertz CT molecular complexity index is 734. The van der Waals surface area contributed by atoms with Crippen LogP contribution in [0.5, 0.6) is 0 Å². The first-order valence-electron chi connectivity index (χ1n) is 8.94. The van der Waals surface area contributed by atoms with Crippen LogP contribution in [0, 0.1) is 0 Å². The molecule has 2 rings (SSSR count). The number of carbonyl (C=O) groups is 1. The van der Waals surface area contributed by atoms with Gasteiger partial charge in [0.15, 0.2) is 0 Å². The number of benzene rings is 2. The number of allylic oxidation sites excluding steroid dienone is 1. The topological polar surface area (TPSA) is 26.3 Å². The maximum atomic E-state index is 10.4. The third-order valence-electron chi connectivity index (χ3n) is 3.26. The Balaban J connectivity index is 0.000000394. The molecule has 2 aromatic rings. The number of alkyl halides is 1. The molecule has 0 saturated heterocycles. The van der Waals surface area contributed by atoms with Gasteiger partial charge in [-0.1, -0.05) is 98.6 Å². The fourth-order valence-electron chi connectivity index (χ4n) is 1.88. The van der Waals surface area contributed by atoms with Crippen LogP contribution in [-0.2, 0) is 9.53 Å². The summed E-state index contributed by atoms with van der Waals surface area (Å²) in [7, 11) is 0. The molecule has 0 spiro atoms. The van der Waals surface area contributed by atoms with Gasteiger partial charge in [-0.2, -0.15) is 0 Å². The third kappa shape index (κ3) is 11.7. The van der Waals surface area contributed by atoms with E-state index in [0.717, 1.165) is 11.1 Å². The van der Waals surface area contributed by atoms with Crippen molar-refractivity contribution in [2.45, 2.75) is 13.8 Å². The van der Waals surface area contributed by atoms with Gasteiger partial charge in [0, 0.05) is 11.5 Å². The number of halogens is 1. The van der Waals surface area contributed by atoms with Gasteiger partial charge in [-0.05, 0) is 30.5 Å². The van der Waals surface area contributed by atoms with Gasteiger partial charge < -0.3 is 4.74 Å². The van der Waals surface area contributed by atoms with Gasteiger partial charge in [0.2, 0.25) is 0 Å². The second-order valence-electron chi connectivity index (χ2n) is 5.51. The zero-order chi connectivity index (χ0) is 21.2. The molecule has 0 fully saturated rings. The predicted molar refractivity (Wildman–Crippen MR) is 124 cm³/mol. The number of ether oxygens (including phenoxy) is 1. The highest BCUT2D eigenvalue weighted by Gasteiger charge is 1.98. The minimum Gasteiger partial charge on any atom is -0.463 e. The molecule has 2 aromatic carbocycles. The van der Waals surface area contributed by atoms with Crippen LogP contribution in [-0.4, -0.2) is 18.5 Å². The van der Waals surface area contributed by atoms with E-state index in [9.17, 15) is 4.79 Å². The van der Waals surface area contributed by atoms with E-state index in [1.54, 1.807) is 13.8 Å². The lowest BCUT2D eigenvalue weighted by molar-refractivity contribution is -0.138. The minimum absolute atomic E-state index is 0.312. The lowest BCUT2D eigenvalue weighted by Crippen LogP contribution is -2.03. The normalized spacial score (nSPS) is 9.25. The summed E-state index contributed by atoms with van der Waals surface area (Å²) in [5.74, 6) is 0.266. The Morgan fingerprint density at radius 1 is 1.00 bits per heavy atom. The van der Waals surface area contributed by atoms with E-state index in [0.29, 0.717) is 18.1 Å². The zero-order valence-corrected chi connectivity index (χ0v) is 17.5. The quantitative estimate of drug-likeness (QED) is 0.297. The third-order valence-corrected chi connectivity index (χ3v) is 3.44. The van der Waals surface area contributed by atoms with Crippen molar-refractivity contribution >= 4 is 35.8 Å². The molecule has 0 saturated carbocycles. The first kappa shape index (κ1) is 25.2. The average Bonchev–Trinajstić information content (AvgIpc) is 2.74. The molecule has 0 atom stereocenters. The number of carbonyl (C=O) groups excluding carboxylic acids is 1. The summed E-state index contributed by atoms with van der Waals surface area (Å²) >= 11 is 5.46. The summed E-state index contributed by atoms with van der Waals surface area (Å²) in [5, 5.41) is 0. The van der Waals surface area contributed by atoms with Crippen LogP contribution in [0.3, 0.4) is 0 Å². The predicted octanol–water partition coefficient (Wildman–Crippen LogP) is 7.04. The van der Waals surface area contributed by atoms with Gasteiger partial charge >= 0.3 is 5.97 Å². The Morgan fingerprint density at radius 2 is 1.50 bits per heavy atom. The highest BCUT2D eigenvalue weighted by atomic mass is 35.5. The Morgan fingerprint density at radius 3 is 1.86 bits per heavy atom. The fraction of sp³-hybridized carbons (Fsp3) is 0.160. The van der Waals surface area contributed by atoms with E-state index in [4.69, 9.17) is 11.6 Å². The summed E-state index contributed by atoms with van der Waals surface area (Å²) in [6.45, 7) is 14.6. The number of hydrogen-bond acceptors (Lipinski definition) is 2. The van der Waals surface area contributed by atoms with E-state index in [1.165, 1.54) is 5.56 Å². The van der Waals surface area contributed by atoms with Gasteiger partial charge in [0.05, 0.1) is 6.61 Å². The smallest absolute Gasteiger partial charge is 0.333 e. The van der Waals surface area contributed by atoms with Gasteiger partial charge in [0.25, 0.3) is 0 Å². The standard InChI is InChI=1S/C10H10.C9H9Cl.C6H10O2/c1-3-9-7-5-6-8-10(9)4-2;10-8-4-7-9-5-2-1-3-6-9;1-4-8-6(7)5(2)3/h3-8H,1-2H2;1-7H,8H2;2,4H2,1,3H3. The summed E-state index contributed by atoms with van der Waals surface area (Å²) in [6.07, 6.45) is 7.60. The molecule has 0 aromatic heterocycles. The van der Waals surface area contributed by atoms with E-state index >= 15 is 0 Å². The van der Waals surface area contributed by atoms with Crippen molar-refractivity contribution in [1.29, 1.82) is 0 Å². The van der Waals surface area contributed by atoms with E-state index in [1.807, 2.05) is 78.9 Å². The first-order valence-corrected chi connectivity index (χ1v) is 9.47. The van der Waals surface area contributed by atoms with Crippen molar-refractivity contribution in [1.82, 2.24) is 0 Å². The monoisotopic (exact) mass is 396 g/mol. The second-order valence-corrected chi connectivity index (χ2v) is 5.81. The van der Waals surface area contributed by atoms with Crippen molar-refractivity contribution < 1.29 is 9.53 Å². The van der Waals surface area contributed by atoms with Crippen molar-refractivity contribution in [3.05, 3.63) is 103 Å². The highest BCUT2D eigenvalue weighted by molar-refractivity contribution is 6.19. The molecule has 0 heterocycles. The van der Waals surface area contributed by atoms with Crippen molar-refractivity contribution in [2.24, 2.45) is 0 Å². The Labute approximate surface area is 174 Å². The van der Waals surface area contributed by atoms with Crippen LogP contribution in [0.2, 0.25) is 0 Å². The van der Waals surface area contributed by atoms with E-state index < -0.39 is 0 Å². The van der Waals surface area contributed by atoms with Crippen LogP contribution < -0.4 is 0 Å². The molecule has 3 heteroatoms. The van der Waals surface area contributed by atoms with Crippen molar-refractivity contribution in [3.8, 4) is 0 Å². The average molecular weight is 397 g/mol. The van der Waals surface area contributed by atoms with Crippen molar-refractivity contribution in [3.63, 3.8) is 0 Å². The molecule has 0 bridgehead atoms. The van der Waals surface area contributed by atoms with Crippen LogP contribution in [0.4, 0.5) is 0 Å². The Kier molecular flexibility index (Phi) is 14.7. The van der Waals surface area contributed by atoms with E-state index in [-0.39, 0.29) is 5.97 Å². The lowest BCUT2D eigenvalue weighted by atomic mass is 10.1. The van der Waals surface area contributed by atoms with Gasteiger partial charge in [0.1, 0.15) is 0 Å². The summed E-state index contributed by atoms with van der Waals surface area (Å²) in [6, 6.07) is 18.1. The molecule has 2 nitrogen and oxygen atoms in total. The maximum absolute atomic E-state index is 10.4. The molecule has 0 aliphatic rings. The van der Waals surface area contributed by atoms with Gasteiger partial charge in [-0.3, -0.25) is 0 Å². The largest absolute Gasteiger partial charge is 0.463 e. The minimum atomic E-state index is -0.312. The highest BCUT2D eigenvalue weighted by Crippen LogP contribution is 2.10. The van der Waals surface area contributed by atoms with Gasteiger partial charge in [-0.15, -0.1) is 11.6 Å². The van der Waals surface area contributed by atoms with Crippen molar-refractivity contribution in [2.75, 3.05) is 12.5 Å². The molecule has 0 radical (unpaired) electrons. The zero-order valence-electron chi connectivity index (χ0n) is 16.7.